The van der Waals surface area contributed by atoms with E-state index >= 15 is 0 Å². The van der Waals surface area contributed by atoms with Crippen LogP contribution in [-0.2, 0) is 16.1 Å². The van der Waals surface area contributed by atoms with Gasteiger partial charge in [-0.2, -0.15) is 4.98 Å². The number of benzene rings is 1. The van der Waals surface area contributed by atoms with E-state index in [-0.39, 0.29) is 48.5 Å². The number of nitrogen functional groups attached to an aromatic ring is 1. The SMILES string of the molecule is Nc1nc2ncc(CNc3ccc(C(=O)N[C@H](CCC(=O)O)CC(=O)O)cc3)nc2c(=O)[nH]1. The van der Waals surface area contributed by atoms with Gasteiger partial charge in [0.25, 0.3) is 11.5 Å². The molecule has 0 saturated heterocycles. The van der Waals surface area contributed by atoms with E-state index in [1.54, 1.807) is 12.1 Å². The van der Waals surface area contributed by atoms with E-state index in [1.165, 1.54) is 18.3 Å². The van der Waals surface area contributed by atoms with Gasteiger partial charge in [-0.25, -0.2) is 9.97 Å². The molecule has 0 aliphatic carbocycles. The molecule has 7 N–H and O–H groups in total. The number of fused-ring (bicyclic) bond motifs is 1. The minimum atomic E-state index is -1.14. The molecule has 3 aromatic rings. The smallest absolute Gasteiger partial charge is 0.305 e. The summed E-state index contributed by atoms with van der Waals surface area (Å²) in [6.45, 7) is 0.244. The molecular formula is C20H21N7O6. The van der Waals surface area contributed by atoms with Gasteiger partial charge in [0.15, 0.2) is 11.2 Å². The Kier molecular flexibility index (Phi) is 7.13. The number of carbonyl (C=O) groups excluding carboxylic acids is 1. The predicted molar refractivity (Wildman–Crippen MR) is 117 cm³/mol. The number of carboxylic acids is 2. The highest BCUT2D eigenvalue weighted by Gasteiger charge is 2.18. The number of hydrogen-bond acceptors (Lipinski definition) is 9. The van der Waals surface area contributed by atoms with Crippen LogP contribution >= 0.6 is 0 Å². The summed E-state index contributed by atoms with van der Waals surface area (Å²) in [5, 5.41) is 23.4. The number of aromatic amines is 1. The highest BCUT2D eigenvalue weighted by atomic mass is 16.4. The van der Waals surface area contributed by atoms with Crippen LogP contribution in [0.25, 0.3) is 11.2 Å². The number of H-pyrrole nitrogens is 1. The summed E-state index contributed by atoms with van der Waals surface area (Å²) in [7, 11) is 0. The number of amides is 1. The summed E-state index contributed by atoms with van der Waals surface area (Å²) >= 11 is 0. The van der Waals surface area contributed by atoms with Crippen molar-refractivity contribution in [1.29, 1.82) is 0 Å². The topological polar surface area (TPSA) is 213 Å². The first-order chi connectivity index (χ1) is 15.7. The molecule has 13 heteroatoms. The third kappa shape index (κ3) is 6.46. The Morgan fingerprint density at radius 3 is 2.48 bits per heavy atom. The minimum Gasteiger partial charge on any atom is -0.481 e. The van der Waals surface area contributed by atoms with Crippen LogP contribution in [-0.4, -0.2) is 54.0 Å². The van der Waals surface area contributed by atoms with E-state index in [1.807, 2.05) is 0 Å². The van der Waals surface area contributed by atoms with Crippen LogP contribution in [0.15, 0.2) is 35.3 Å². The molecule has 0 aliphatic rings. The maximum atomic E-state index is 12.4. The van der Waals surface area contributed by atoms with Crippen molar-refractivity contribution in [2.75, 3.05) is 11.1 Å². The van der Waals surface area contributed by atoms with Gasteiger partial charge in [-0.3, -0.25) is 24.2 Å². The number of nitrogens with one attached hydrogen (secondary N) is 3. The van der Waals surface area contributed by atoms with Crippen molar-refractivity contribution < 1.29 is 24.6 Å². The highest BCUT2D eigenvalue weighted by Crippen LogP contribution is 2.13. The average Bonchev–Trinajstić information content (AvgIpc) is 2.76. The molecule has 13 nitrogen and oxygen atoms in total. The molecule has 0 unspecified atom stereocenters. The second kappa shape index (κ2) is 10.2. The molecule has 172 valence electrons. The van der Waals surface area contributed by atoms with Gasteiger partial charge in [0.2, 0.25) is 5.95 Å². The first kappa shape index (κ1) is 23.1. The van der Waals surface area contributed by atoms with E-state index in [0.29, 0.717) is 11.4 Å². The summed E-state index contributed by atoms with van der Waals surface area (Å²) in [5.41, 5.74) is 6.61. The van der Waals surface area contributed by atoms with E-state index in [2.05, 4.69) is 30.6 Å². The molecule has 1 aromatic carbocycles. The van der Waals surface area contributed by atoms with Gasteiger partial charge in [-0.15, -0.1) is 0 Å². The number of carboxylic acid groups (broad SMARTS) is 2. The van der Waals surface area contributed by atoms with Gasteiger partial charge < -0.3 is 26.6 Å². The minimum absolute atomic E-state index is 0.00472. The van der Waals surface area contributed by atoms with E-state index in [9.17, 15) is 19.2 Å². The van der Waals surface area contributed by atoms with Crippen molar-refractivity contribution >= 4 is 40.6 Å². The lowest BCUT2D eigenvalue weighted by Crippen LogP contribution is -2.36. The molecule has 0 spiro atoms. The molecule has 2 heterocycles. The lowest BCUT2D eigenvalue weighted by atomic mass is 10.1. The van der Waals surface area contributed by atoms with Gasteiger partial charge in [0.1, 0.15) is 0 Å². The molecule has 2 aromatic heterocycles. The second-order valence-electron chi connectivity index (χ2n) is 7.12. The summed E-state index contributed by atoms with van der Waals surface area (Å²) in [5.74, 6) is -2.77. The molecular weight excluding hydrogens is 434 g/mol. The molecule has 0 saturated carbocycles. The fraction of sp³-hybridized carbons (Fsp3) is 0.250. The summed E-state index contributed by atoms with van der Waals surface area (Å²) in [4.78, 5) is 60.6. The Morgan fingerprint density at radius 2 is 1.82 bits per heavy atom. The lowest BCUT2D eigenvalue weighted by Gasteiger charge is -2.16. The molecule has 0 fully saturated rings. The number of nitrogens with zero attached hydrogens (tertiary/aromatic N) is 3. The van der Waals surface area contributed by atoms with Gasteiger partial charge in [0, 0.05) is 23.7 Å². The highest BCUT2D eigenvalue weighted by molar-refractivity contribution is 5.95. The molecule has 1 amide bonds. The van der Waals surface area contributed by atoms with Crippen molar-refractivity contribution in [2.45, 2.75) is 31.8 Å². The van der Waals surface area contributed by atoms with Crippen LogP contribution in [0, 0.1) is 0 Å². The zero-order chi connectivity index (χ0) is 24.0. The number of hydrogen-bond donors (Lipinski definition) is 6. The Morgan fingerprint density at radius 1 is 1.09 bits per heavy atom. The van der Waals surface area contributed by atoms with Crippen LogP contribution in [0.4, 0.5) is 11.6 Å². The summed E-state index contributed by atoms with van der Waals surface area (Å²) in [6, 6.07) is 5.55. The van der Waals surface area contributed by atoms with Gasteiger partial charge in [-0.05, 0) is 30.7 Å². The van der Waals surface area contributed by atoms with Crippen molar-refractivity contribution in [2.24, 2.45) is 0 Å². The fourth-order valence-electron chi connectivity index (χ4n) is 2.99. The summed E-state index contributed by atoms with van der Waals surface area (Å²) < 4.78 is 0. The summed E-state index contributed by atoms with van der Waals surface area (Å²) in [6.07, 6.45) is 0.831. The Hall–Kier alpha value is -4.55. The maximum Gasteiger partial charge on any atom is 0.305 e. The number of anilines is 2. The third-order valence-corrected chi connectivity index (χ3v) is 4.57. The monoisotopic (exact) mass is 455 g/mol. The van der Waals surface area contributed by atoms with E-state index in [4.69, 9.17) is 15.9 Å². The van der Waals surface area contributed by atoms with E-state index in [0.717, 1.165) is 0 Å². The predicted octanol–water partition coefficient (Wildman–Crippen LogP) is 0.345. The first-order valence-electron chi connectivity index (χ1n) is 9.81. The van der Waals surface area contributed by atoms with Crippen molar-refractivity contribution in [3.8, 4) is 0 Å². The van der Waals surface area contributed by atoms with E-state index < -0.39 is 29.4 Å². The molecule has 0 radical (unpaired) electrons. The first-order valence-corrected chi connectivity index (χ1v) is 9.81. The van der Waals surface area contributed by atoms with Crippen LogP contribution in [0.5, 0.6) is 0 Å². The normalized spacial score (nSPS) is 11.6. The van der Waals surface area contributed by atoms with Crippen LogP contribution in [0.1, 0.15) is 35.3 Å². The number of rotatable bonds is 10. The van der Waals surface area contributed by atoms with Crippen LogP contribution in [0.3, 0.4) is 0 Å². The number of nitrogens with two attached hydrogens (primary N) is 1. The van der Waals surface area contributed by atoms with Crippen molar-refractivity contribution in [3.05, 3.63) is 52.1 Å². The molecule has 3 rings (SSSR count). The number of aromatic nitrogens is 4. The zero-order valence-corrected chi connectivity index (χ0v) is 17.2. The number of carbonyl (C=O) groups is 3. The Bertz CT molecular complexity index is 1240. The average molecular weight is 455 g/mol. The fourth-order valence-corrected chi connectivity index (χ4v) is 2.99. The molecule has 0 bridgehead atoms. The maximum absolute atomic E-state index is 12.4. The Labute approximate surface area is 186 Å². The lowest BCUT2D eigenvalue weighted by molar-refractivity contribution is -0.139. The van der Waals surface area contributed by atoms with Gasteiger partial charge >= 0.3 is 11.9 Å². The molecule has 0 aliphatic heterocycles. The molecule has 1 atom stereocenters. The largest absolute Gasteiger partial charge is 0.481 e. The van der Waals surface area contributed by atoms with Crippen molar-refractivity contribution in [1.82, 2.24) is 25.3 Å². The molecule has 33 heavy (non-hydrogen) atoms. The second-order valence-corrected chi connectivity index (χ2v) is 7.12. The van der Waals surface area contributed by atoms with Crippen LogP contribution in [0.2, 0.25) is 0 Å². The van der Waals surface area contributed by atoms with Crippen LogP contribution < -0.4 is 21.9 Å². The Balaban J connectivity index is 1.61. The number of aliphatic carboxylic acids is 2. The van der Waals surface area contributed by atoms with Crippen molar-refractivity contribution in [3.63, 3.8) is 0 Å². The third-order valence-electron chi connectivity index (χ3n) is 4.57. The van der Waals surface area contributed by atoms with Gasteiger partial charge in [-0.1, -0.05) is 0 Å². The van der Waals surface area contributed by atoms with Gasteiger partial charge in [0.05, 0.1) is 24.9 Å². The quantitative estimate of drug-likeness (QED) is 0.245. The zero-order valence-electron chi connectivity index (χ0n) is 17.2. The standard InChI is InChI=1S/C20H21N7O6/c21-20-26-17-16(19(33)27-20)24-13(9-23-17)8-22-11-3-1-10(2-4-11)18(32)25-12(7-15(30)31)5-6-14(28)29/h1-4,9,12,22H,5-8H2,(H,25,32)(H,28,29)(H,30,31)(H3,21,23,26,27,33)/t12-/m1/s1.